The van der Waals surface area contributed by atoms with Gasteiger partial charge < -0.3 is 14.7 Å². The molecule has 20 heavy (non-hydrogen) atoms. The van der Waals surface area contributed by atoms with Crippen LogP contribution in [0.4, 0.5) is 5.82 Å². The molecule has 0 radical (unpaired) electrons. The van der Waals surface area contributed by atoms with Crippen LogP contribution >= 0.6 is 0 Å². The Balaban J connectivity index is 2.21. The topological polar surface area (TPSA) is 58.5 Å². The average Bonchev–Trinajstić information content (AvgIpc) is 2.41. The SMILES string of the molecule is COc1ccc(CN(C)c2nc(C)cnc2C)cc1O. The van der Waals surface area contributed by atoms with E-state index in [1.54, 1.807) is 18.3 Å². The van der Waals surface area contributed by atoms with Gasteiger partial charge in [-0.05, 0) is 31.5 Å². The van der Waals surface area contributed by atoms with Crippen LogP contribution in [0.25, 0.3) is 0 Å². The van der Waals surface area contributed by atoms with Crippen molar-refractivity contribution in [2.75, 3.05) is 19.1 Å². The molecule has 0 aliphatic rings. The van der Waals surface area contributed by atoms with E-state index in [1.165, 1.54) is 7.11 Å². The molecule has 0 bridgehead atoms. The summed E-state index contributed by atoms with van der Waals surface area (Å²) in [6, 6.07) is 5.38. The van der Waals surface area contributed by atoms with Crippen molar-refractivity contribution >= 4 is 5.82 Å². The second-order valence-corrected chi connectivity index (χ2v) is 4.78. The van der Waals surface area contributed by atoms with Crippen LogP contribution in [0.2, 0.25) is 0 Å². The van der Waals surface area contributed by atoms with Crippen molar-refractivity contribution in [3.05, 3.63) is 41.3 Å². The van der Waals surface area contributed by atoms with E-state index >= 15 is 0 Å². The molecular formula is C15H19N3O2. The number of aryl methyl sites for hydroxylation is 2. The molecular weight excluding hydrogens is 254 g/mol. The molecule has 106 valence electrons. The number of rotatable bonds is 4. The highest BCUT2D eigenvalue weighted by Crippen LogP contribution is 2.27. The van der Waals surface area contributed by atoms with Gasteiger partial charge >= 0.3 is 0 Å². The van der Waals surface area contributed by atoms with Crippen LogP contribution in [0.3, 0.4) is 0 Å². The van der Waals surface area contributed by atoms with Crippen molar-refractivity contribution in [1.82, 2.24) is 9.97 Å². The van der Waals surface area contributed by atoms with E-state index in [1.807, 2.05) is 31.9 Å². The summed E-state index contributed by atoms with van der Waals surface area (Å²) >= 11 is 0. The predicted octanol–water partition coefficient (Wildman–Crippen LogP) is 2.44. The summed E-state index contributed by atoms with van der Waals surface area (Å²) in [7, 11) is 3.49. The molecule has 1 aromatic carbocycles. The van der Waals surface area contributed by atoms with E-state index in [2.05, 4.69) is 9.97 Å². The number of anilines is 1. The van der Waals surface area contributed by atoms with Crippen LogP contribution in [0.15, 0.2) is 24.4 Å². The summed E-state index contributed by atoms with van der Waals surface area (Å²) in [6.07, 6.45) is 1.76. The van der Waals surface area contributed by atoms with Crippen molar-refractivity contribution in [3.63, 3.8) is 0 Å². The molecule has 2 aromatic rings. The molecule has 1 N–H and O–H groups in total. The normalized spacial score (nSPS) is 10.4. The van der Waals surface area contributed by atoms with Gasteiger partial charge in [-0.25, -0.2) is 4.98 Å². The van der Waals surface area contributed by atoms with Crippen LogP contribution in [0, 0.1) is 13.8 Å². The van der Waals surface area contributed by atoms with E-state index in [0.717, 1.165) is 22.8 Å². The molecule has 5 heteroatoms. The quantitative estimate of drug-likeness (QED) is 0.927. The number of hydrogen-bond donors (Lipinski definition) is 1. The lowest BCUT2D eigenvalue weighted by molar-refractivity contribution is 0.373. The van der Waals surface area contributed by atoms with E-state index < -0.39 is 0 Å². The summed E-state index contributed by atoms with van der Waals surface area (Å²) in [4.78, 5) is 10.8. The number of benzene rings is 1. The van der Waals surface area contributed by atoms with Crippen molar-refractivity contribution < 1.29 is 9.84 Å². The van der Waals surface area contributed by atoms with E-state index in [-0.39, 0.29) is 5.75 Å². The van der Waals surface area contributed by atoms with Gasteiger partial charge in [0.25, 0.3) is 0 Å². The Hall–Kier alpha value is -2.30. The zero-order valence-corrected chi connectivity index (χ0v) is 12.2. The van der Waals surface area contributed by atoms with Crippen LogP contribution < -0.4 is 9.64 Å². The fraction of sp³-hybridized carbons (Fsp3) is 0.333. The maximum atomic E-state index is 9.80. The fourth-order valence-electron chi connectivity index (χ4n) is 2.07. The monoisotopic (exact) mass is 273 g/mol. The second-order valence-electron chi connectivity index (χ2n) is 4.78. The molecule has 2 rings (SSSR count). The van der Waals surface area contributed by atoms with Gasteiger partial charge in [-0.15, -0.1) is 0 Å². The van der Waals surface area contributed by atoms with Crippen molar-refractivity contribution in [3.8, 4) is 11.5 Å². The highest BCUT2D eigenvalue weighted by atomic mass is 16.5. The lowest BCUT2D eigenvalue weighted by Gasteiger charge is -2.20. The first-order chi connectivity index (χ1) is 9.51. The van der Waals surface area contributed by atoms with Gasteiger partial charge in [0.2, 0.25) is 0 Å². The first-order valence-corrected chi connectivity index (χ1v) is 6.38. The minimum atomic E-state index is 0.144. The third-order valence-corrected chi connectivity index (χ3v) is 3.08. The third-order valence-electron chi connectivity index (χ3n) is 3.08. The van der Waals surface area contributed by atoms with Gasteiger partial charge in [-0.1, -0.05) is 6.07 Å². The molecule has 0 aliphatic heterocycles. The van der Waals surface area contributed by atoms with Crippen LogP contribution in [0.1, 0.15) is 17.0 Å². The highest BCUT2D eigenvalue weighted by Gasteiger charge is 2.10. The lowest BCUT2D eigenvalue weighted by Crippen LogP contribution is -2.19. The largest absolute Gasteiger partial charge is 0.504 e. The molecule has 0 amide bonds. The molecule has 5 nitrogen and oxygen atoms in total. The number of methoxy groups -OCH3 is 1. The van der Waals surface area contributed by atoms with Gasteiger partial charge in [0.15, 0.2) is 11.5 Å². The number of aromatic hydroxyl groups is 1. The molecule has 1 heterocycles. The fourth-order valence-corrected chi connectivity index (χ4v) is 2.07. The van der Waals surface area contributed by atoms with Gasteiger partial charge in [0.1, 0.15) is 5.82 Å². The lowest BCUT2D eigenvalue weighted by atomic mass is 10.2. The first kappa shape index (κ1) is 14.1. The molecule has 0 atom stereocenters. The number of phenols is 1. The minimum Gasteiger partial charge on any atom is -0.504 e. The Morgan fingerprint density at radius 1 is 1.30 bits per heavy atom. The van der Waals surface area contributed by atoms with Crippen molar-refractivity contribution in [1.29, 1.82) is 0 Å². The molecule has 0 saturated carbocycles. The number of aromatic nitrogens is 2. The molecule has 0 unspecified atom stereocenters. The minimum absolute atomic E-state index is 0.144. The molecule has 0 spiro atoms. The number of hydrogen-bond acceptors (Lipinski definition) is 5. The molecule has 0 fully saturated rings. The Morgan fingerprint density at radius 3 is 2.70 bits per heavy atom. The zero-order valence-electron chi connectivity index (χ0n) is 12.2. The summed E-state index contributed by atoms with van der Waals surface area (Å²) < 4.78 is 5.04. The Morgan fingerprint density at radius 2 is 2.05 bits per heavy atom. The number of ether oxygens (including phenoxy) is 1. The molecule has 0 saturated heterocycles. The van der Waals surface area contributed by atoms with Crippen LogP contribution in [-0.2, 0) is 6.54 Å². The Kier molecular flexibility index (Phi) is 4.08. The predicted molar refractivity (Wildman–Crippen MR) is 78.3 cm³/mol. The zero-order chi connectivity index (χ0) is 14.7. The Labute approximate surface area is 118 Å². The van der Waals surface area contributed by atoms with Gasteiger partial charge in [-0.3, -0.25) is 4.98 Å². The van der Waals surface area contributed by atoms with Gasteiger partial charge in [-0.2, -0.15) is 0 Å². The smallest absolute Gasteiger partial charge is 0.160 e. The first-order valence-electron chi connectivity index (χ1n) is 6.38. The van der Waals surface area contributed by atoms with Crippen molar-refractivity contribution in [2.45, 2.75) is 20.4 Å². The summed E-state index contributed by atoms with van der Waals surface area (Å²) in [5.41, 5.74) is 2.75. The number of phenolic OH excluding ortho intramolecular Hbond substituents is 1. The summed E-state index contributed by atoms with van der Waals surface area (Å²) in [6.45, 7) is 4.49. The summed E-state index contributed by atoms with van der Waals surface area (Å²) in [5.74, 6) is 1.47. The average molecular weight is 273 g/mol. The summed E-state index contributed by atoms with van der Waals surface area (Å²) in [5, 5.41) is 9.80. The third kappa shape index (κ3) is 2.99. The molecule has 1 aromatic heterocycles. The van der Waals surface area contributed by atoms with E-state index in [9.17, 15) is 5.11 Å². The van der Waals surface area contributed by atoms with Gasteiger partial charge in [0, 0.05) is 19.8 Å². The second kappa shape index (κ2) is 5.77. The maximum absolute atomic E-state index is 9.80. The van der Waals surface area contributed by atoms with E-state index in [4.69, 9.17) is 4.74 Å². The van der Waals surface area contributed by atoms with Gasteiger partial charge in [0.05, 0.1) is 18.5 Å². The van der Waals surface area contributed by atoms with Crippen molar-refractivity contribution in [2.24, 2.45) is 0 Å². The van der Waals surface area contributed by atoms with Crippen LogP contribution in [0.5, 0.6) is 11.5 Å². The van der Waals surface area contributed by atoms with Crippen LogP contribution in [-0.4, -0.2) is 29.2 Å². The number of nitrogens with zero attached hydrogens (tertiary/aromatic N) is 3. The Bertz CT molecular complexity index is 614. The maximum Gasteiger partial charge on any atom is 0.160 e. The standard InChI is InChI=1S/C15H19N3O2/c1-10-8-16-11(2)15(17-10)18(3)9-12-5-6-14(20-4)13(19)7-12/h5-8,19H,9H2,1-4H3. The highest BCUT2D eigenvalue weighted by molar-refractivity contribution is 5.46. The van der Waals surface area contributed by atoms with E-state index in [0.29, 0.717) is 12.3 Å². The molecule has 0 aliphatic carbocycles.